The van der Waals surface area contributed by atoms with Gasteiger partial charge in [-0.1, -0.05) is 18.2 Å². The van der Waals surface area contributed by atoms with Crippen LogP contribution in [0.2, 0.25) is 0 Å². The standard InChI is InChI=1S/C15H23BO4S/c1-11(2)21(17,18)13-10-8-7-9-12(13)16-19-14(3,4)15(5,6)20-16/h7-11H,1-6H3. The Labute approximate surface area is 127 Å². The predicted octanol–water partition coefficient (Wildman–Crippen LogP) is 2.17. The second-order valence-corrected chi connectivity index (χ2v) is 9.19. The van der Waals surface area contributed by atoms with Gasteiger partial charge < -0.3 is 9.31 Å². The molecule has 0 saturated carbocycles. The van der Waals surface area contributed by atoms with Gasteiger partial charge in [-0.3, -0.25) is 0 Å². The Hall–Kier alpha value is -0.845. The van der Waals surface area contributed by atoms with Gasteiger partial charge in [0.1, 0.15) is 0 Å². The fraction of sp³-hybridized carbons (Fsp3) is 0.600. The average Bonchev–Trinajstić information content (AvgIpc) is 2.58. The Morgan fingerprint density at radius 3 is 1.95 bits per heavy atom. The molecule has 0 aromatic heterocycles. The zero-order chi connectivity index (χ0) is 16.1. The molecule has 0 unspecified atom stereocenters. The summed E-state index contributed by atoms with van der Waals surface area (Å²) in [7, 11) is -4.05. The fourth-order valence-corrected chi connectivity index (χ4v) is 3.43. The van der Waals surface area contributed by atoms with Gasteiger partial charge >= 0.3 is 7.12 Å². The van der Waals surface area contributed by atoms with Crippen LogP contribution in [0, 0.1) is 0 Å². The molecule has 0 spiro atoms. The molecule has 0 amide bonds. The molecule has 2 rings (SSSR count). The molecule has 0 bridgehead atoms. The van der Waals surface area contributed by atoms with Crippen LogP contribution in [0.25, 0.3) is 0 Å². The van der Waals surface area contributed by atoms with Crippen molar-refractivity contribution in [1.29, 1.82) is 0 Å². The molecule has 0 atom stereocenters. The van der Waals surface area contributed by atoms with E-state index in [4.69, 9.17) is 9.31 Å². The van der Waals surface area contributed by atoms with Gasteiger partial charge in [0.05, 0.1) is 21.3 Å². The Morgan fingerprint density at radius 2 is 1.48 bits per heavy atom. The Morgan fingerprint density at radius 1 is 1.00 bits per heavy atom. The summed E-state index contributed by atoms with van der Waals surface area (Å²) in [5.41, 5.74) is -0.413. The lowest BCUT2D eigenvalue weighted by atomic mass is 9.79. The zero-order valence-electron chi connectivity index (χ0n) is 13.5. The number of hydrogen-bond acceptors (Lipinski definition) is 4. The van der Waals surface area contributed by atoms with Gasteiger partial charge in [-0.25, -0.2) is 8.42 Å². The lowest BCUT2D eigenvalue weighted by Crippen LogP contribution is -2.41. The fourth-order valence-electron chi connectivity index (χ4n) is 2.16. The highest BCUT2D eigenvalue weighted by atomic mass is 32.2. The minimum atomic E-state index is -3.38. The highest BCUT2D eigenvalue weighted by Gasteiger charge is 2.52. The van der Waals surface area contributed by atoms with Crippen molar-refractivity contribution in [1.82, 2.24) is 0 Å². The van der Waals surface area contributed by atoms with Crippen molar-refractivity contribution in [3.63, 3.8) is 0 Å². The van der Waals surface area contributed by atoms with Crippen LogP contribution in [-0.4, -0.2) is 32.0 Å². The van der Waals surface area contributed by atoms with Crippen molar-refractivity contribution in [2.45, 2.75) is 62.9 Å². The molecule has 0 N–H and O–H groups in total. The van der Waals surface area contributed by atoms with Gasteiger partial charge in [0.25, 0.3) is 0 Å². The van der Waals surface area contributed by atoms with E-state index in [1.165, 1.54) is 0 Å². The zero-order valence-corrected chi connectivity index (χ0v) is 14.3. The van der Waals surface area contributed by atoms with Crippen LogP contribution in [0.4, 0.5) is 0 Å². The van der Waals surface area contributed by atoms with E-state index in [-0.39, 0.29) is 0 Å². The third-order valence-electron chi connectivity index (χ3n) is 4.35. The van der Waals surface area contributed by atoms with E-state index >= 15 is 0 Å². The minimum Gasteiger partial charge on any atom is -0.399 e. The van der Waals surface area contributed by atoms with Crippen LogP contribution < -0.4 is 5.46 Å². The number of benzene rings is 1. The summed E-state index contributed by atoms with van der Waals surface area (Å²) in [6.07, 6.45) is 0. The van der Waals surface area contributed by atoms with Crippen molar-refractivity contribution < 1.29 is 17.7 Å². The Balaban J connectivity index is 2.49. The van der Waals surface area contributed by atoms with Crippen LogP contribution in [0.15, 0.2) is 29.2 Å². The van der Waals surface area contributed by atoms with Crippen molar-refractivity contribution in [2.24, 2.45) is 0 Å². The highest BCUT2D eigenvalue weighted by molar-refractivity contribution is 7.92. The molecule has 1 saturated heterocycles. The molecule has 0 radical (unpaired) electrons. The van der Waals surface area contributed by atoms with Crippen LogP contribution in [0.5, 0.6) is 0 Å². The highest BCUT2D eigenvalue weighted by Crippen LogP contribution is 2.37. The largest absolute Gasteiger partial charge is 0.496 e. The topological polar surface area (TPSA) is 52.6 Å². The molecule has 6 heteroatoms. The van der Waals surface area contributed by atoms with E-state index < -0.39 is 33.4 Å². The quantitative estimate of drug-likeness (QED) is 0.803. The Kier molecular flexibility index (Phi) is 4.02. The maximum atomic E-state index is 12.5. The molecular formula is C15H23BO4S. The SMILES string of the molecule is CC(C)S(=O)(=O)c1ccccc1B1OC(C)(C)C(C)(C)O1. The summed E-state index contributed by atoms with van der Waals surface area (Å²) < 4.78 is 37.0. The first-order chi connectivity index (χ1) is 9.49. The molecule has 1 heterocycles. The van der Waals surface area contributed by atoms with Crippen LogP contribution in [0.3, 0.4) is 0 Å². The lowest BCUT2D eigenvalue weighted by molar-refractivity contribution is 0.00578. The summed E-state index contributed by atoms with van der Waals surface area (Å²) in [6.45, 7) is 11.2. The Bertz CT molecular complexity index is 619. The molecule has 116 valence electrons. The monoisotopic (exact) mass is 310 g/mol. The van der Waals surface area contributed by atoms with Gasteiger partial charge in [-0.2, -0.15) is 0 Å². The molecule has 4 nitrogen and oxygen atoms in total. The van der Waals surface area contributed by atoms with Gasteiger partial charge in [-0.15, -0.1) is 0 Å². The van der Waals surface area contributed by atoms with E-state index in [0.717, 1.165) is 0 Å². The van der Waals surface area contributed by atoms with Gasteiger partial charge in [-0.05, 0) is 47.6 Å². The number of rotatable bonds is 3. The second-order valence-electron chi connectivity index (χ2n) is 6.72. The first-order valence-electron chi connectivity index (χ1n) is 7.17. The molecule has 1 aliphatic rings. The van der Waals surface area contributed by atoms with E-state index in [0.29, 0.717) is 10.4 Å². The summed E-state index contributed by atoms with van der Waals surface area (Å²) >= 11 is 0. The predicted molar refractivity (Wildman–Crippen MR) is 84.5 cm³/mol. The minimum absolute atomic E-state index is 0.290. The van der Waals surface area contributed by atoms with Gasteiger partial charge in [0.15, 0.2) is 9.84 Å². The van der Waals surface area contributed by atoms with E-state index in [2.05, 4.69) is 0 Å². The maximum Gasteiger partial charge on any atom is 0.496 e. The van der Waals surface area contributed by atoms with Gasteiger partial charge in [0, 0.05) is 5.46 Å². The summed E-state index contributed by atoms with van der Waals surface area (Å²) in [5, 5.41) is -0.485. The molecule has 21 heavy (non-hydrogen) atoms. The first kappa shape index (κ1) is 16.5. The van der Waals surface area contributed by atoms with E-state index in [9.17, 15) is 8.42 Å². The number of hydrogen-bond donors (Lipinski definition) is 0. The van der Waals surface area contributed by atoms with Crippen molar-refractivity contribution in [2.75, 3.05) is 0 Å². The maximum absolute atomic E-state index is 12.5. The molecular weight excluding hydrogens is 287 g/mol. The normalized spacial score (nSPS) is 21.0. The molecule has 0 aliphatic carbocycles. The van der Waals surface area contributed by atoms with Crippen LogP contribution in [0.1, 0.15) is 41.5 Å². The summed E-state index contributed by atoms with van der Waals surface area (Å²) in [4.78, 5) is 0.290. The summed E-state index contributed by atoms with van der Waals surface area (Å²) in [6, 6.07) is 6.91. The third kappa shape index (κ3) is 2.76. The molecule has 1 fully saturated rings. The number of sulfone groups is 1. The van der Waals surface area contributed by atoms with Crippen molar-refractivity contribution >= 4 is 22.4 Å². The first-order valence-corrected chi connectivity index (χ1v) is 8.72. The van der Waals surface area contributed by atoms with Crippen LogP contribution >= 0.6 is 0 Å². The van der Waals surface area contributed by atoms with Crippen LogP contribution in [-0.2, 0) is 19.1 Å². The second kappa shape index (κ2) is 5.11. The average molecular weight is 310 g/mol. The molecule has 1 aromatic rings. The lowest BCUT2D eigenvalue weighted by Gasteiger charge is -2.32. The van der Waals surface area contributed by atoms with E-state index in [1.54, 1.807) is 38.1 Å². The molecule has 1 aliphatic heterocycles. The molecule has 1 aromatic carbocycles. The third-order valence-corrected chi connectivity index (χ3v) is 6.58. The van der Waals surface area contributed by atoms with Crippen molar-refractivity contribution in [3.8, 4) is 0 Å². The van der Waals surface area contributed by atoms with E-state index in [1.807, 2.05) is 27.7 Å². The smallest absolute Gasteiger partial charge is 0.399 e. The van der Waals surface area contributed by atoms with Crippen molar-refractivity contribution in [3.05, 3.63) is 24.3 Å². The summed E-state index contributed by atoms with van der Waals surface area (Å²) in [5.74, 6) is 0. The van der Waals surface area contributed by atoms with Gasteiger partial charge in [0.2, 0.25) is 0 Å².